The van der Waals surface area contributed by atoms with Crippen LogP contribution in [-0.4, -0.2) is 12.6 Å². The van der Waals surface area contributed by atoms with E-state index in [2.05, 4.69) is 22.4 Å². The lowest BCUT2D eigenvalue weighted by atomic mass is 10.1. The Balaban J connectivity index is 2.22. The van der Waals surface area contributed by atoms with Crippen LogP contribution in [0.2, 0.25) is 0 Å². The van der Waals surface area contributed by atoms with Gasteiger partial charge in [0.05, 0.1) is 12.6 Å². The first-order chi connectivity index (χ1) is 3.97. The Morgan fingerprint density at radius 1 is 1.50 bits per heavy atom. The van der Waals surface area contributed by atoms with Crippen LogP contribution in [0.5, 0.6) is 0 Å². The van der Waals surface area contributed by atoms with Crippen molar-refractivity contribution in [1.82, 2.24) is 0 Å². The van der Waals surface area contributed by atoms with E-state index in [9.17, 15) is 0 Å². The van der Waals surface area contributed by atoms with Gasteiger partial charge in [0.2, 0.25) is 0 Å². The fraction of sp³-hybridized carbons (Fsp3) is 0.667. The van der Waals surface area contributed by atoms with Crippen LogP contribution in [0.1, 0.15) is 6.42 Å². The number of fused-ring (bicyclic) bond motifs is 1. The first-order valence-electron chi connectivity index (χ1n) is 3.00. The van der Waals surface area contributed by atoms with Crippen LogP contribution >= 0.6 is 0 Å². The van der Waals surface area contributed by atoms with Gasteiger partial charge in [0.1, 0.15) is 0 Å². The fourth-order valence-corrected chi connectivity index (χ4v) is 1.25. The summed E-state index contributed by atoms with van der Waals surface area (Å²) in [5.74, 6) is 0.731. The first kappa shape index (κ1) is 4.24. The molecule has 0 saturated carbocycles. The highest BCUT2D eigenvalue weighted by molar-refractivity contribution is 5.07. The molecule has 2 atom stereocenters. The lowest BCUT2D eigenvalue weighted by molar-refractivity contribution is 0.584. The second-order valence-electron chi connectivity index (χ2n) is 2.35. The first-order valence-corrected chi connectivity index (χ1v) is 3.00. The average molecular weight is 108 g/mol. The predicted octanol–water partition coefficient (Wildman–Crippen LogP) is 1.40. The van der Waals surface area contributed by atoms with Gasteiger partial charge in [0.25, 0.3) is 0 Å². The third kappa shape index (κ3) is 0.427. The van der Waals surface area contributed by atoms with Crippen molar-refractivity contribution in [3.05, 3.63) is 12.2 Å². The van der Waals surface area contributed by atoms with Crippen molar-refractivity contribution in [3.63, 3.8) is 0 Å². The van der Waals surface area contributed by atoms with Crippen LogP contribution < -0.4 is 0 Å². The topological polar surface area (TPSA) is 24.7 Å². The summed E-state index contributed by atoms with van der Waals surface area (Å²) in [7, 11) is 0. The molecular formula is C6H8N2. The Bertz CT molecular complexity index is 133. The quantitative estimate of drug-likeness (QED) is 0.419. The summed E-state index contributed by atoms with van der Waals surface area (Å²) < 4.78 is 0. The number of allylic oxidation sites excluding steroid dienone is 1. The van der Waals surface area contributed by atoms with Gasteiger partial charge in [-0.3, -0.25) is 0 Å². The zero-order chi connectivity index (χ0) is 5.40. The zero-order valence-corrected chi connectivity index (χ0v) is 4.62. The van der Waals surface area contributed by atoms with Crippen molar-refractivity contribution in [2.75, 3.05) is 6.54 Å². The number of azo groups is 1. The van der Waals surface area contributed by atoms with Gasteiger partial charge < -0.3 is 0 Å². The summed E-state index contributed by atoms with van der Waals surface area (Å²) in [4.78, 5) is 0. The molecule has 2 unspecified atom stereocenters. The van der Waals surface area contributed by atoms with Gasteiger partial charge in [0, 0.05) is 5.92 Å². The molecule has 0 N–H and O–H groups in total. The molecule has 42 valence electrons. The largest absolute Gasteiger partial charge is 0.193 e. The molecule has 0 amide bonds. The van der Waals surface area contributed by atoms with Gasteiger partial charge in [-0.15, -0.1) is 0 Å². The lowest BCUT2D eigenvalue weighted by Gasteiger charge is -2.00. The minimum Gasteiger partial charge on any atom is -0.193 e. The monoisotopic (exact) mass is 108 g/mol. The van der Waals surface area contributed by atoms with Crippen molar-refractivity contribution >= 4 is 0 Å². The van der Waals surface area contributed by atoms with Crippen LogP contribution in [-0.2, 0) is 0 Å². The van der Waals surface area contributed by atoms with Gasteiger partial charge in [-0.25, -0.2) is 0 Å². The highest BCUT2D eigenvalue weighted by Gasteiger charge is 2.25. The van der Waals surface area contributed by atoms with Crippen molar-refractivity contribution in [2.45, 2.75) is 12.5 Å². The molecule has 0 radical (unpaired) electrons. The van der Waals surface area contributed by atoms with Crippen molar-refractivity contribution in [1.29, 1.82) is 0 Å². The molecule has 1 heterocycles. The molecule has 0 saturated heterocycles. The second kappa shape index (κ2) is 1.41. The van der Waals surface area contributed by atoms with E-state index in [4.69, 9.17) is 0 Å². The zero-order valence-electron chi connectivity index (χ0n) is 4.62. The van der Waals surface area contributed by atoms with Crippen molar-refractivity contribution < 1.29 is 0 Å². The van der Waals surface area contributed by atoms with Crippen LogP contribution in [0.4, 0.5) is 0 Å². The molecule has 1 aliphatic heterocycles. The molecule has 2 aliphatic rings. The van der Waals surface area contributed by atoms with Gasteiger partial charge >= 0.3 is 0 Å². The van der Waals surface area contributed by atoms with Gasteiger partial charge in [-0.2, -0.15) is 10.2 Å². The van der Waals surface area contributed by atoms with Gasteiger partial charge in [0.15, 0.2) is 0 Å². The standard InChI is InChI=1S/C6H8N2/c1-2-5-4-7-8-6(5)3-1/h1,3,5-6H,2,4H2. The van der Waals surface area contributed by atoms with E-state index in [1.54, 1.807) is 0 Å². The second-order valence-corrected chi connectivity index (χ2v) is 2.35. The fourth-order valence-electron chi connectivity index (χ4n) is 1.25. The summed E-state index contributed by atoms with van der Waals surface area (Å²) >= 11 is 0. The molecule has 0 aromatic heterocycles. The third-order valence-corrected chi connectivity index (χ3v) is 1.79. The van der Waals surface area contributed by atoms with E-state index < -0.39 is 0 Å². The Morgan fingerprint density at radius 2 is 2.50 bits per heavy atom. The van der Waals surface area contributed by atoms with E-state index in [1.165, 1.54) is 6.42 Å². The maximum Gasteiger partial charge on any atom is 0.0938 e. The van der Waals surface area contributed by atoms with E-state index in [-0.39, 0.29) is 0 Å². The summed E-state index contributed by atoms with van der Waals surface area (Å²) in [6.07, 6.45) is 5.55. The van der Waals surface area contributed by atoms with Crippen LogP contribution in [0.3, 0.4) is 0 Å². The van der Waals surface area contributed by atoms with Crippen LogP contribution in [0, 0.1) is 5.92 Å². The van der Waals surface area contributed by atoms with Crippen LogP contribution in [0.15, 0.2) is 22.4 Å². The summed E-state index contributed by atoms with van der Waals surface area (Å²) in [6.45, 7) is 0.956. The summed E-state index contributed by atoms with van der Waals surface area (Å²) in [5, 5.41) is 7.98. The number of rotatable bonds is 0. The SMILES string of the molecule is C1=CC2N=NCC2C1. The van der Waals surface area contributed by atoms with Gasteiger partial charge in [-0.1, -0.05) is 12.2 Å². The number of hydrogen-bond acceptors (Lipinski definition) is 2. The van der Waals surface area contributed by atoms with E-state index in [1.807, 2.05) is 0 Å². The van der Waals surface area contributed by atoms with E-state index in [0.29, 0.717) is 6.04 Å². The molecule has 0 spiro atoms. The number of hydrogen-bond donors (Lipinski definition) is 0. The van der Waals surface area contributed by atoms with Crippen molar-refractivity contribution in [2.24, 2.45) is 16.1 Å². The Hall–Kier alpha value is -0.660. The Morgan fingerprint density at radius 3 is 3.38 bits per heavy atom. The van der Waals surface area contributed by atoms with Crippen molar-refractivity contribution in [3.8, 4) is 0 Å². The van der Waals surface area contributed by atoms with Gasteiger partial charge in [-0.05, 0) is 6.42 Å². The summed E-state index contributed by atoms with van der Waals surface area (Å²) in [6, 6.07) is 0.454. The maximum absolute atomic E-state index is 4.04. The van der Waals surface area contributed by atoms with E-state index in [0.717, 1.165) is 12.5 Å². The molecule has 2 heteroatoms. The maximum atomic E-state index is 4.04. The lowest BCUT2D eigenvalue weighted by Crippen LogP contribution is -2.07. The minimum atomic E-state index is 0.454. The molecule has 8 heavy (non-hydrogen) atoms. The van der Waals surface area contributed by atoms with E-state index >= 15 is 0 Å². The number of nitrogens with zero attached hydrogens (tertiary/aromatic N) is 2. The molecule has 0 bridgehead atoms. The minimum absolute atomic E-state index is 0.454. The highest BCUT2D eigenvalue weighted by Crippen LogP contribution is 2.26. The normalized spacial score (nSPS) is 41.0. The molecule has 2 rings (SSSR count). The summed E-state index contributed by atoms with van der Waals surface area (Å²) in [5.41, 5.74) is 0. The smallest absolute Gasteiger partial charge is 0.0938 e. The molecule has 0 fully saturated rings. The molecular weight excluding hydrogens is 100 g/mol. The Labute approximate surface area is 48.3 Å². The molecule has 2 nitrogen and oxygen atoms in total. The Kier molecular flexibility index (Phi) is 0.745. The predicted molar refractivity (Wildman–Crippen MR) is 30.8 cm³/mol. The molecule has 0 aromatic rings. The highest BCUT2D eigenvalue weighted by atomic mass is 15.2. The molecule has 0 aromatic carbocycles. The third-order valence-electron chi connectivity index (χ3n) is 1.79. The molecule has 1 aliphatic carbocycles. The van der Waals surface area contributed by atoms with Crippen LogP contribution in [0.25, 0.3) is 0 Å². The average Bonchev–Trinajstić information content (AvgIpc) is 2.15.